The number of nitrogens with zero attached hydrogens (tertiary/aromatic N) is 1. The second-order valence-electron chi connectivity index (χ2n) is 5.98. The predicted molar refractivity (Wildman–Crippen MR) is 96.9 cm³/mol. The minimum atomic E-state index is -0.660. The third-order valence-corrected chi connectivity index (χ3v) is 4.59. The smallest absolute Gasteiger partial charge is 0.252 e. The Labute approximate surface area is 155 Å². The van der Waals surface area contributed by atoms with Crippen LogP contribution in [0.1, 0.15) is 12.0 Å². The first-order valence-corrected chi connectivity index (χ1v) is 8.55. The molecule has 0 saturated carbocycles. The van der Waals surface area contributed by atoms with E-state index in [1.54, 1.807) is 36.4 Å². The fraction of sp³-hybridized carbons (Fsp3) is 0.263. The number of carbonyl (C=O) groups excluding carboxylic acids is 2. The monoisotopic (exact) mass is 376 g/mol. The van der Waals surface area contributed by atoms with E-state index in [0.29, 0.717) is 22.0 Å². The summed E-state index contributed by atoms with van der Waals surface area (Å²) in [5, 5.41) is 3.43. The highest BCUT2D eigenvalue weighted by Gasteiger charge is 2.38. The number of imide groups is 1. The second-order valence-corrected chi connectivity index (χ2v) is 6.38. The van der Waals surface area contributed by atoms with Gasteiger partial charge in [-0.15, -0.1) is 0 Å². The molecule has 0 radical (unpaired) electrons. The van der Waals surface area contributed by atoms with Crippen LogP contribution in [-0.2, 0) is 16.0 Å². The number of ether oxygens (including phenoxy) is 1. The Kier molecular flexibility index (Phi) is 5.42. The summed E-state index contributed by atoms with van der Waals surface area (Å²) in [7, 11) is 1.51. The van der Waals surface area contributed by atoms with Crippen molar-refractivity contribution in [1.82, 2.24) is 4.90 Å². The van der Waals surface area contributed by atoms with Gasteiger partial charge in [-0.05, 0) is 36.2 Å². The molecular weight excluding hydrogens is 359 g/mol. The van der Waals surface area contributed by atoms with E-state index in [-0.39, 0.29) is 37.0 Å². The number of likely N-dealkylation sites (tertiary alicyclic amines) is 1. The summed E-state index contributed by atoms with van der Waals surface area (Å²) in [4.78, 5) is 25.9. The van der Waals surface area contributed by atoms with Crippen molar-refractivity contribution in [2.24, 2.45) is 0 Å². The van der Waals surface area contributed by atoms with Crippen molar-refractivity contribution in [3.05, 3.63) is 58.9 Å². The lowest BCUT2D eigenvalue weighted by molar-refractivity contribution is -0.138. The largest absolute Gasteiger partial charge is 0.495 e. The van der Waals surface area contributed by atoms with E-state index in [0.717, 1.165) is 0 Å². The van der Waals surface area contributed by atoms with E-state index >= 15 is 0 Å². The first-order valence-electron chi connectivity index (χ1n) is 8.17. The number of anilines is 1. The molecule has 0 aliphatic carbocycles. The molecule has 1 saturated heterocycles. The van der Waals surface area contributed by atoms with Crippen molar-refractivity contribution in [2.75, 3.05) is 19.0 Å². The van der Waals surface area contributed by atoms with E-state index < -0.39 is 6.04 Å². The molecule has 1 atom stereocenters. The van der Waals surface area contributed by atoms with Crippen LogP contribution < -0.4 is 10.1 Å². The molecule has 0 unspecified atom stereocenters. The van der Waals surface area contributed by atoms with Crippen molar-refractivity contribution in [1.29, 1.82) is 0 Å². The van der Waals surface area contributed by atoms with Gasteiger partial charge in [-0.1, -0.05) is 29.8 Å². The van der Waals surface area contributed by atoms with Crippen LogP contribution in [-0.4, -0.2) is 36.4 Å². The number of halogens is 2. The molecule has 1 heterocycles. The molecule has 2 aromatic rings. The molecule has 2 aromatic carbocycles. The lowest BCUT2D eigenvalue weighted by atomic mass is 10.1. The van der Waals surface area contributed by atoms with E-state index in [2.05, 4.69) is 5.32 Å². The first-order chi connectivity index (χ1) is 12.5. The molecule has 7 heteroatoms. The SMILES string of the molecule is COc1ccc(N[C@@H]2CC(=O)N(CCc3ccccc3F)C2=O)cc1Cl. The predicted octanol–water partition coefficient (Wildman–Crippen LogP) is 3.27. The minimum absolute atomic E-state index is 0.0553. The zero-order valence-corrected chi connectivity index (χ0v) is 14.9. The molecule has 3 rings (SSSR count). The molecule has 0 aromatic heterocycles. The Morgan fingerprint density at radius 2 is 2.04 bits per heavy atom. The fourth-order valence-corrected chi connectivity index (χ4v) is 3.18. The number of amides is 2. The van der Waals surface area contributed by atoms with Gasteiger partial charge in [0.1, 0.15) is 17.6 Å². The van der Waals surface area contributed by atoms with Gasteiger partial charge in [-0.2, -0.15) is 0 Å². The van der Waals surface area contributed by atoms with Crippen molar-refractivity contribution in [3.63, 3.8) is 0 Å². The van der Waals surface area contributed by atoms with Crippen molar-refractivity contribution >= 4 is 29.1 Å². The first kappa shape index (κ1) is 18.2. The van der Waals surface area contributed by atoms with Gasteiger partial charge in [0.25, 0.3) is 5.91 Å². The Hall–Kier alpha value is -2.60. The number of hydrogen-bond acceptors (Lipinski definition) is 4. The third kappa shape index (κ3) is 3.80. The van der Waals surface area contributed by atoms with E-state index in [4.69, 9.17) is 16.3 Å². The number of carbonyl (C=O) groups is 2. The standard InChI is InChI=1S/C19H18ClFN2O3/c1-26-17-7-6-13(10-14(17)20)22-16-11-18(24)23(19(16)25)9-8-12-4-2-3-5-15(12)21/h2-7,10,16,22H,8-9,11H2,1H3/t16-/m1/s1. The highest BCUT2D eigenvalue weighted by Crippen LogP contribution is 2.28. The van der Waals surface area contributed by atoms with E-state index in [9.17, 15) is 14.0 Å². The van der Waals surface area contributed by atoms with Gasteiger partial charge in [-0.25, -0.2) is 4.39 Å². The van der Waals surface area contributed by atoms with Gasteiger partial charge in [0.15, 0.2) is 0 Å². The molecule has 26 heavy (non-hydrogen) atoms. The van der Waals surface area contributed by atoms with Crippen LogP contribution in [0.25, 0.3) is 0 Å². The zero-order chi connectivity index (χ0) is 18.7. The molecule has 2 amide bonds. The maximum absolute atomic E-state index is 13.7. The molecule has 1 fully saturated rings. The minimum Gasteiger partial charge on any atom is -0.495 e. The lowest BCUT2D eigenvalue weighted by Gasteiger charge is -2.16. The van der Waals surface area contributed by atoms with Crippen molar-refractivity contribution in [2.45, 2.75) is 18.9 Å². The second kappa shape index (κ2) is 7.74. The van der Waals surface area contributed by atoms with E-state index in [1.165, 1.54) is 18.1 Å². The van der Waals surface area contributed by atoms with Gasteiger partial charge in [0.05, 0.1) is 18.6 Å². The van der Waals surface area contributed by atoms with Crippen LogP contribution in [0.5, 0.6) is 5.75 Å². The maximum Gasteiger partial charge on any atom is 0.252 e. The zero-order valence-electron chi connectivity index (χ0n) is 14.2. The summed E-state index contributed by atoms with van der Waals surface area (Å²) < 4.78 is 18.8. The average Bonchev–Trinajstić information content (AvgIpc) is 2.88. The van der Waals surface area contributed by atoms with Gasteiger partial charge in [0, 0.05) is 12.2 Å². The molecular formula is C19H18ClFN2O3. The molecule has 1 aliphatic rings. The molecule has 1 aliphatic heterocycles. The van der Waals surface area contributed by atoms with Crippen molar-refractivity contribution < 1.29 is 18.7 Å². The summed E-state index contributed by atoms with van der Waals surface area (Å²) in [6.07, 6.45) is 0.338. The summed E-state index contributed by atoms with van der Waals surface area (Å²) in [6, 6.07) is 10.7. The van der Waals surface area contributed by atoms with E-state index in [1.807, 2.05) is 0 Å². The highest BCUT2D eigenvalue weighted by molar-refractivity contribution is 6.32. The average molecular weight is 377 g/mol. The van der Waals surface area contributed by atoms with Crippen LogP contribution >= 0.6 is 11.6 Å². The maximum atomic E-state index is 13.7. The van der Waals surface area contributed by atoms with Crippen LogP contribution in [0.15, 0.2) is 42.5 Å². The number of nitrogens with one attached hydrogen (secondary N) is 1. The quantitative estimate of drug-likeness (QED) is 0.786. The normalized spacial score (nSPS) is 16.9. The number of hydrogen-bond donors (Lipinski definition) is 1. The molecule has 0 spiro atoms. The topological polar surface area (TPSA) is 58.6 Å². The van der Waals surface area contributed by atoms with Crippen LogP contribution in [0, 0.1) is 5.82 Å². The fourth-order valence-electron chi connectivity index (χ4n) is 2.92. The van der Waals surface area contributed by atoms with Crippen LogP contribution in [0.4, 0.5) is 10.1 Å². The Bertz CT molecular complexity index is 843. The number of rotatable bonds is 6. The van der Waals surface area contributed by atoms with Crippen molar-refractivity contribution in [3.8, 4) is 5.75 Å². The molecule has 1 N–H and O–H groups in total. The van der Waals surface area contributed by atoms with Gasteiger partial charge in [0.2, 0.25) is 5.91 Å². The molecule has 5 nitrogen and oxygen atoms in total. The summed E-state index contributed by atoms with van der Waals surface area (Å²) >= 11 is 6.08. The molecule has 0 bridgehead atoms. The summed E-state index contributed by atoms with van der Waals surface area (Å²) in [6.45, 7) is 0.153. The highest BCUT2D eigenvalue weighted by atomic mass is 35.5. The summed E-state index contributed by atoms with van der Waals surface area (Å²) in [5.41, 5.74) is 1.10. The van der Waals surface area contributed by atoms with Gasteiger partial charge >= 0.3 is 0 Å². The lowest BCUT2D eigenvalue weighted by Crippen LogP contribution is -2.36. The Morgan fingerprint density at radius 3 is 2.73 bits per heavy atom. The molecule has 136 valence electrons. The number of methoxy groups -OCH3 is 1. The van der Waals surface area contributed by atoms with Gasteiger partial charge in [-0.3, -0.25) is 14.5 Å². The van der Waals surface area contributed by atoms with Crippen LogP contribution in [0.3, 0.4) is 0 Å². The Balaban J connectivity index is 1.65. The Morgan fingerprint density at radius 1 is 1.27 bits per heavy atom. The number of benzene rings is 2. The summed E-state index contributed by atoms with van der Waals surface area (Å²) in [5.74, 6) is -0.409. The third-order valence-electron chi connectivity index (χ3n) is 4.30. The van der Waals surface area contributed by atoms with Gasteiger partial charge < -0.3 is 10.1 Å². The van der Waals surface area contributed by atoms with Crippen LogP contribution in [0.2, 0.25) is 5.02 Å².